The van der Waals surface area contributed by atoms with Crippen LogP contribution in [0.5, 0.6) is 0 Å². The van der Waals surface area contributed by atoms with Crippen LogP contribution in [0.25, 0.3) is 0 Å². The first-order valence-electron chi connectivity index (χ1n) is 9.53. The number of carbonyl (C=O) groups is 1. The molecule has 1 amide bonds. The van der Waals surface area contributed by atoms with E-state index in [1.165, 1.54) is 12.1 Å². The first-order valence-corrected chi connectivity index (χ1v) is 9.53. The Kier molecular flexibility index (Phi) is 9.72. The quantitative estimate of drug-likeness (QED) is 0.358. The molecule has 0 saturated carbocycles. The Morgan fingerprint density at radius 1 is 1.21 bits per heavy atom. The molecule has 1 rings (SSSR count). The Morgan fingerprint density at radius 3 is 2.46 bits per heavy atom. The summed E-state index contributed by atoms with van der Waals surface area (Å²) in [6.07, 6.45) is -0.449. The molecule has 0 aliphatic carbocycles. The number of ether oxygens (including phenoxy) is 1. The van der Waals surface area contributed by atoms with Crippen LogP contribution in [-0.4, -0.2) is 62.8 Å². The van der Waals surface area contributed by atoms with E-state index in [0.717, 1.165) is 5.56 Å². The highest BCUT2D eigenvalue weighted by Gasteiger charge is 2.16. The van der Waals surface area contributed by atoms with E-state index < -0.39 is 11.7 Å². The summed E-state index contributed by atoms with van der Waals surface area (Å²) in [7, 11) is 3.88. The van der Waals surface area contributed by atoms with Gasteiger partial charge in [-0.1, -0.05) is 12.1 Å². The highest BCUT2D eigenvalue weighted by atomic mass is 19.1. The number of benzene rings is 1. The van der Waals surface area contributed by atoms with Crippen LogP contribution in [0.3, 0.4) is 0 Å². The molecule has 1 aromatic rings. The Bertz CT molecular complexity index is 644. The van der Waals surface area contributed by atoms with Gasteiger partial charge in [-0.2, -0.15) is 0 Å². The van der Waals surface area contributed by atoms with Gasteiger partial charge in [0.2, 0.25) is 0 Å². The van der Waals surface area contributed by atoms with E-state index in [1.54, 1.807) is 6.07 Å². The average Bonchev–Trinajstić information content (AvgIpc) is 2.57. The van der Waals surface area contributed by atoms with Gasteiger partial charge in [-0.3, -0.25) is 4.99 Å². The third-order valence-electron chi connectivity index (χ3n) is 3.71. The molecule has 0 saturated heterocycles. The van der Waals surface area contributed by atoms with Crippen molar-refractivity contribution >= 4 is 12.1 Å². The van der Waals surface area contributed by atoms with Crippen LogP contribution in [0.4, 0.5) is 9.18 Å². The van der Waals surface area contributed by atoms with E-state index in [0.29, 0.717) is 32.1 Å². The molecular formula is C20H34FN5O2. The van der Waals surface area contributed by atoms with Crippen molar-refractivity contribution in [3.8, 4) is 0 Å². The number of amides is 1. The minimum Gasteiger partial charge on any atom is -0.444 e. The molecule has 0 spiro atoms. The fourth-order valence-corrected chi connectivity index (χ4v) is 2.46. The number of hydrogen-bond acceptors (Lipinski definition) is 4. The summed E-state index contributed by atoms with van der Waals surface area (Å²) in [4.78, 5) is 18.3. The van der Waals surface area contributed by atoms with Gasteiger partial charge in [-0.05, 0) is 59.5 Å². The summed E-state index contributed by atoms with van der Waals surface area (Å²) in [5, 5.41) is 9.04. The molecule has 0 fully saturated rings. The van der Waals surface area contributed by atoms with Crippen molar-refractivity contribution in [2.75, 3.05) is 40.3 Å². The number of hydrogen-bond donors (Lipinski definition) is 3. The average molecular weight is 396 g/mol. The van der Waals surface area contributed by atoms with E-state index in [9.17, 15) is 9.18 Å². The predicted octanol–water partition coefficient (Wildman–Crippen LogP) is 2.51. The second-order valence-electron chi connectivity index (χ2n) is 7.61. The summed E-state index contributed by atoms with van der Waals surface area (Å²) in [6, 6.07) is 6.52. The predicted molar refractivity (Wildman–Crippen MR) is 111 cm³/mol. The standard InChI is InChI=1S/C20H34FN5O2/c1-7-22-18(23-11-12-24-19(27)28-20(2,3)4)25-14-17(26(5)6)15-9-8-10-16(21)13-15/h8-10,13,17H,7,11-12,14H2,1-6H3,(H,24,27)(H2,22,23,25). The van der Waals surface area contributed by atoms with Crippen molar-refractivity contribution in [2.24, 2.45) is 4.99 Å². The monoisotopic (exact) mass is 395 g/mol. The largest absolute Gasteiger partial charge is 0.444 e. The van der Waals surface area contributed by atoms with Crippen LogP contribution in [0.2, 0.25) is 0 Å². The zero-order chi connectivity index (χ0) is 21.2. The smallest absolute Gasteiger partial charge is 0.407 e. The minimum absolute atomic E-state index is 0.0500. The maximum atomic E-state index is 13.6. The van der Waals surface area contributed by atoms with Crippen molar-refractivity contribution in [3.05, 3.63) is 35.6 Å². The number of alkyl carbamates (subject to hydrolysis) is 1. The molecule has 0 aromatic heterocycles. The van der Waals surface area contributed by atoms with Crippen LogP contribution >= 0.6 is 0 Å². The number of carbonyl (C=O) groups excluding carboxylic acids is 1. The third-order valence-corrected chi connectivity index (χ3v) is 3.71. The third kappa shape index (κ3) is 9.55. The number of nitrogens with one attached hydrogen (secondary N) is 3. The SMILES string of the molecule is CCNC(=NCC(c1cccc(F)c1)N(C)C)NCCNC(=O)OC(C)(C)C. The maximum absolute atomic E-state index is 13.6. The highest BCUT2D eigenvalue weighted by Crippen LogP contribution is 2.19. The summed E-state index contributed by atoms with van der Waals surface area (Å²) in [6.45, 7) is 9.51. The van der Waals surface area contributed by atoms with Crippen molar-refractivity contribution < 1.29 is 13.9 Å². The number of likely N-dealkylation sites (N-methyl/N-ethyl adjacent to an activating group) is 1. The number of nitrogens with zero attached hydrogens (tertiary/aromatic N) is 2. The lowest BCUT2D eigenvalue weighted by atomic mass is 10.1. The zero-order valence-corrected chi connectivity index (χ0v) is 17.8. The van der Waals surface area contributed by atoms with Crippen LogP contribution in [0.1, 0.15) is 39.3 Å². The molecule has 1 unspecified atom stereocenters. The lowest BCUT2D eigenvalue weighted by Crippen LogP contribution is -2.42. The Balaban J connectivity index is 2.61. The van der Waals surface area contributed by atoms with Gasteiger partial charge in [-0.15, -0.1) is 0 Å². The molecule has 7 nitrogen and oxygen atoms in total. The molecule has 1 aromatic carbocycles. The van der Waals surface area contributed by atoms with Crippen LogP contribution < -0.4 is 16.0 Å². The van der Waals surface area contributed by atoms with Gasteiger partial charge in [0.05, 0.1) is 12.6 Å². The minimum atomic E-state index is -0.522. The normalized spacial score (nSPS) is 13.2. The number of rotatable bonds is 8. The number of aliphatic imine (C=N–C) groups is 1. The lowest BCUT2D eigenvalue weighted by molar-refractivity contribution is 0.0529. The fraction of sp³-hybridized carbons (Fsp3) is 0.600. The molecule has 158 valence electrons. The zero-order valence-electron chi connectivity index (χ0n) is 17.8. The number of halogens is 1. The maximum Gasteiger partial charge on any atom is 0.407 e. The summed E-state index contributed by atoms with van der Waals surface area (Å²) in [5.74, 6) is 0.378. The molecular weight excluding hydrogens is 361 g/mol. The molecule has 0 radical (unpaired) electrons. The van der Waals surface area contributed by atoms with Crippen molar-refractivity contribution in [2.45, 2.75) is 39.3 Å². The molecule has 0 heterocycles. The fourth-order valence-electron chi connectivity index (χ4n) is 2.46. The molecule has 8 heteroatoms. The summed E-state index contributed by atoms with van der Waals surface area (Å²) >= 11 is 0. The second-order valence-corrected chi connectivity index (χ2v) is 7.61. The van der Waals surface area contributed by atoms with Crippen molar-refractivity contribution in [3.63, 3.8) is 0 Å². The summed E-state index contributed by atoms with van der Waals surface area (Å²) in [5.41, 5.74) is 0.350. The van der Waals surface area contributed by atoms with E-state index in [2.05, 4.69) is 20.9 Å². The lowest BCUT2D eigenvalue weighted by Gasteiger charge is -2.24. The van der Waals surface area contributed by atoms with Gasteiger partial charge in [0, 0.05) is 19.6 Å². The van der Waals surface area contributed by atoms with Crippen LogP contribution in [0.15, 0.2) is 29.3 Å². The molecule has 0 aliphatic rings. The molecule has 3 N–H and O–H groups in total. The molecule has 28 heavy (non-hydrogen) atoms. The molecule has 0 aliphatic heterocycles. The number of guanidine groups is 1. The van der Waals surface area contributed by atoms with Crippen LogP contribution in [-0.2, 0) is 4.74 Å². The van der Waals surface area contributed by atoms with Gasteiger partial charge in [0.1, 0.15) is 11.4 Å². The summed E-state index contributed by atoms with van der Waals surface area (Å²) < 4.78 is 18.8. The first kappa shape index (κ1) is 23.7. The Labute approximate surface area is 167 Å². The second kappa shape index (κ2) is 11.5. The van der Waals surface area contributed by atoms with Gasteiger partial charge in [0.25, 0.3) is 0 Å². The van der Waals surface area contributed by atoms with E-state index in [-0.39, 0.29) is 11.9 Å². The van der Waals surface area contributed by atoms with E-state index >= 15 is 0 Å². The molecule has 1 atom stereocenters. The Morgan fingerprint density at radius 2 is 1.89 bits per heavy atom. The van der Waals surface area contributed by atoms with Crippen LogP contribution in [0, 0.1) is 5.82 Å². The van der Waals surface area contributed by atoms with Gasteiger partial charge in [-0.25, -0.2) is 9.18 Å². The highest BCUT2D eigenvalue weighted by molar-refractivity contribution is 5.79. The van der Waals surface area contributed by atoms with Gasteiger partial charge >= 0.3 is 6.09 Å². The van der Waals surface area contributed by atoms with Crippen molar-refractivity contribution in [1.82, 2.24) is 20.9 Å². The molecule has 0 bridgehead atoms. The van der Waals surface area contributed by atoms with Gasteiger partial charge < -0.3 is 25.6 Å². The van der Waals surface area contributed by atoms with Gasteiger partial charge in [0.15, 0.2) is 5.96 Å². The van der Waals surface area contributed by atoms with E-state index in [1.807, 2.05) is 52.8 Å². The Hall–Kier alpha value is -2.35. The topological polar surface area (TPSA) is 78.0 Å². The first-order chi connectivity index (χ1) is 13.1. The van der Waals surface area contributed by atoms with E-state index in [4.69, 9.17) is 4.74 Å². The van der Waals surface area contributed by atoms with Crippen molar-refractivity contribution in [1.29, 1.82) is 0 Å².